The van der Waals surface area contributed by atoms with E-state index in [1.165, 1.54) is 12.1 Å². The zero-order valence-corrected chi connectivity index (χ0v) is 7.47. The van der Waals surface area contributed by atoms with Crippen LogP contribution >= 0.6 is 0 Å². The summed E-state index contributed by atoms with van der Waals surface area (Å²) >= 11 is 0. The summed E-state index contributed by atoms with van der Waals surface area (Å²) in [4.78, 5) is 10.6. The molecule has 3 N–H and O–H groups in total. The maximum Gasteiger partial charge on any atom is 0.335 e. The average molecular weight is 190 g/mol. The van der Waals surface area contributed by atoms with Crippen molar-refractivity contribution < 1.29 is 9.90 Å². The first kappa shape index (κ1) is 10.2. The summed E-state index contributed by atoms with van der Waals surface area (Å²) in [7, 11) is 0. The zero-order valence-electron chi connectivity index (χ0n) is 7.47. The molecule has 0 heterocycles. The zero-order chi connectivity index (χ0) is 10.6. The van der Waals surface area contributed by atoms with E-state index < -0.39 is 12.0 Å². The molecule has 1 unspecified atom stereocenters. The number of aromatic carboxylic acids is 1. The van der Waals surface area contributed by atoms with Crippen LogP contribution in [0.15, 0.2) is 24.3 Å². The van der Waals surface area contributed by atoms with Gasteiger partial charge in [0.25, 0.3) is 0 Å². The van der Waals surface area contributed by atoms with E-state index in [1.807, 2.05) is 6.07 Å². The lowest BCUT2D eigenvalue weighted by molar-refractivity contribution is 0.0697. The number of carboxylic acid groups (broad SMARTS) is 1. The van der Waals surface area contributed by atoms with Gasteiger partial charge in [0.05, 0.1) is 18.1 Å². The smallest absolute Gasteiger partial charge is 0.335 e. The fourth-order valence-corrected chi connectivity index (χ4v) is 1.12. The molecular weight excluding hydrogens is 180 g/mol. The van der Waals surface area contributed by atoms with Crippen LogP contribution in [0.5, 0.6) is 0 Å². The number of carbonyl (C=O) groups is 1. The molecule has 1 aromatic rings. The Bertz CT molecular complexity index is 382. The van der Waals surface area contributed by atoms with E-state index >= 15 is 0 Å². The highest BCUT2D eigenvalue weighted by Gasteiger charge is 2.08. The van der Waals surface area contributed by atoms with Crippen molar-refractivity contribution >= 4 is 5.97 Å². The van der Waals surface area contributed by atoms with E-state index in [0.29, 0.717) is 5.56 Å². The lowest BCUT2D eigenvalue weighted by atomic mass is 10.0. The molecular formula is C10H10N2O2. The summed E-state index contributed by atoms with van der Waals surface area (Å²) in [5.74, 6) is -0.990. The van der Waals surface area contributed by atoms with Crippen LogP contribution in [0.4, 0.5) is 0 Å². The average Bonchev–Trinajstić information content (AvgIpc) is 2.18. The number of nitrogens with two attached hydrogens (primary N) is 1. The van der Waals surface area contributed by atoms with Crippen LogP contribution in [-0.4, -0.2) is 11.1 Å². The highest BCUT2D eigenvalue weighted by atomic mass is 16.4. The number of nitriles is 1. The molecule has 1 aromatic carbocycles. The van der Waals surface area contributed by atoms with Crippen LogP contribution in [0.2, 0.25) is 0 Å². The first-order chi connectivity index (χ1) is 6.65. The molecule has 0 saturated carbocycles. The van der Waals surface area contributed by atoms with E-state index in [9.17, 15) is 4.79 Å². The van der Waals surface area contributed by atoms with Crippen molar-refractivity contribution in [3.63, 3.8) is 0 Å². The maximum absolute atomic E-state index is 10.6. The van der Waals surface area contributed by atoms with E-state index in [1.54, 1.807) is 12.1 Å². The van der Waals surface area contributed by atoms with Gasteiger partial charge in [-0.1, -0.05) is 12.1 Å². The van der Waals surface area contributed by atoms with Crippen molar-refractivity contribution in [2.45, 2.75) is 12.5 Å². The standard InChI is InChI=1S/C10H10N2O2/c11-5-4-9(12)7-2-1-3-8(6-7)10(13)14/h1-3,6,9H,4,12H2,(H,13,14). The number of nitrogens with zero attached hydrogens (tertiary/aromatic N) is 1. The molecule has 0 aliphatic rings. The van der Waals surface area contributed by atoms with Gasteiger partial charge in [0.1, 0.15) is 0 Å². The van der Waals surface area contributed by atoms with Crippen LogP contribution in [0, 0.1) is 11.3 Å². The second-order valence-electron chi connectivity index (χ2n) is 2.90. The highest BCUT2D eigenvalue weighted by Crippen LogP contribution is 2.14. The number of carboxylic acids is 1. The molecule has 0 fully saturated rings. The first-order valence-electron chi connectivity index (χ1n) is 4.11. The Labute approximate surface area is 81.6 Å². The van der Waals surface area contributed by atoms with Gasteiger partial charge in [-0.05, 0) is 17.7 Å². The summed E-state index contributed by atoms with van der Waals surface area (Å²) in [6.07, 6.45) is 0.184. The van der Waals surface area contributed by atoms with E-state index in [0.717, 1.165) is 0 Å². The molecule has 4 heteroatoms. The Morgan fingerprint density at radius 1 is 1.64 bits per heavy atom. The van der Waals surface area contributed by atoms with Crippen molar-refractivity contribution in [1.82, 2.24) is 0 Å². The van der Waals surface area contributed by atoms with Gasteiger partial charge >= 0.3 is 5.97 Å². The third kappa shape index (κ3) is 2.31. The summed E-state index contributed by atoms with van der Waals surface area (Å²) in [6.45, 7) is 0. The molecule has 1 rings (SSSR count). The Kier molecular flexibility index (Phi) is 3.21. The predicted octanol–water partition coefficient (Wildman–Crippen LogP) is 1.30. The molecule has 0 aromatic heterocycles. The van der Waals surface area contributed by atoms with Gasteiger partial charge in [-0.25, -0.2) is 4.79 Å². The van der Waals surface area contributed by atoms with Crippen molar-refractivity contribution in [1.29, 1.82) is 5.26 Å². The molecule has 0 aliphatic heterocycles. The third-order valence-electron chi connectivity index (χ3n) is 1.87. The Morgan fingerprint density at radius 3 is 2.93 bits per heavy atom. The molecule has 1 atom stereocenters. The van der Waals surface area contributed by atoms with Crippen LogP contribution in [-0.2, 0) is 0 Å². The second kappa shape index (κ2) is 4.40. The van der Waals surface area contributed by atoms with Crippen molar-refractivity contribution in [3.8, 4) is 6.07 Å². The highest BCUT2D eigenvalue weighted by molar-refractivity contribution is 5.87. The molecule has 0 aliphatic carbocycles. The molecule has 0 amide bonds. The largest absolute Gasteiger partial charge is 0.478 e. The SMILES string of the molecule is N#CCC(N)c1cccc(C(=O)O)c1. The van der Waals surface area contributed by atoms with Crippen LogP contribution in [0.3, 0.4) is 0 Å². The molecule has 14 heavy (non-hydrogen) atoms. The van der Waals surface area contributed by atoms with Gasteiger partial charge in [0.15, 0.2) is 0 Å². The summed E-state index contributed by atoms with van der Waals surface area (Å²) < 4.78 is 0. The summed E-state index contributed by atoms with van der Waals surface area (Å²) in [5, 5.41) is 17.1. The number of rotatable bonds is 3. The normalized spacial score (nSPS) is 11.7. The Hall–Kier alpha value is -1.86. The van der Waals surface area contributed by atoms with Gasteiger partial charge < -0.3 is 10.8 Å². The van der Waals surface area contributed by atoms with Gasteiger partial charge in [-0.3, -0.25) is 0 Å². The molecule has 4 nitrogen and oxygen atoms in total. The summed E-state index contributed by atoms with van der Waals surface area (Å²) in [6, 6.07) is 7.84. The lowest BCUT2D eigenvalue weighted by Crippen LogP contribution is -2.10. The van der Waals surface area contributed by atoms with Gasteiger partial charge in [0, 0.05) is 6.04 Å². The first-order valence-corrected chi connectivity index (χ1v) is 4.11. The quantitative estimate of drug-likeness (QED) is 0.751. The van der Waals surface area contributed by atoms with Crippen molar-refractivity contribution in [2.24, 2.45) is 5.73 Å². The fourth-order valence-electron chi connectivity index (χ4n) is 1.12. The van der Waals surface area contributed by atoms with Crippen LogP contribution < -0.4 is 5.73 Å². The van der Waals surface area contributed by atoms with Crippen LogP contribution in [0.1, 0.15) is 28.4 Å². The van der Waals surface area contributed by atoms with E-state index in [-0.39, 0.29) is 12.0 Å². The van der Waals surface area contributed by atoms with Crippen LogP contribution in [0.25, 0.3) is 0 Å². The number of benzene rings is 1. The Morgan fingerprint density at radius 2 is 2.36 bits per heavy atom. The molecule has 0 radical (unpaired) electrons. The number of hydrogen-bond donors (Lipinski definition) is 2. The van der Waals surface area contributed by atoms with Gasteiger partial charge in [0.2, 0.25) is 0 Å². The minimum Gasteiger partial charge on any atom is -0.478 e. The second-order valence-corrected chi connectivity index (χ2v) is 2.90. The monoisotopic (exact) mass is 190 g/mol. The fraction of sp³-hybridized carbons (Fsp3) is 0.200. The predicted molar refractivity (Wildman–Crippen MR) is 50.6 cm³/mol. The molecule has 0 spiro atoms. The minimum absolute atomic E-state index is 0.184. The van der Waals surface area contributed by atoms with Crippen molar-refractivity contribution in [3.05, 3.63) is 35.4 Å². The molecule has 0 bridgehead atoms. The maximum atomic E-state index is 10.6. The lowest BCUT2D eigenvalue weighted by Gasteiger charge is -2.07. The van der Waals surface area contributed by atoms with E-state index in [4.69, 9.17) is 16.1 Å². The minimum atomic E-state index is -0.990. The number of hydrogen-bond acceptors (Lipinski definition) is 3. The van der Waals surface area contributed by atoms with Crippen molar-refractivity contribution in [2.75, 3.05) is 0 Å². The summed E-state index contributed by atoms with van der Waals surface area (Å²) in [5.41, 5.74) is 6.52. The van der Waals surface area contributed by atoms with Gasteiger partial charge in [-0.2, -0.15) is 5.26 Å². The Balaban J connectivity index is 2.94. The third-order valence-corrected chi connectivity index (χ3v) is 1.87. The van der Waals surface area contributed by atoms with Gasteiger partial charge in [-0.15, -0.1) is 0 Å². The molecule has 0 saturated heterocycles. The van der Waals surface area contributed by atoms with E-state index in [2.05, 4.69) is 0 Å². The topological polar surface area (TPSA) is 87.1 Å². The molecule has 72 valence electrons.